The molecule has 2 aliphatic heterocycles. The third-order valence-electron chi connectivity index (χ3n) is 8.93. The monoisotopic (exact) mass is 604 g/mol. The van der Waals surface area contributed by atoms with Gasteiger partial charge in [0.1, 0.15) is 5.41 Å². The normalized spacial score (nSPS) is 22.6. The molecule has 2 aromatic carbocycles. The van der Waals surface area contributed by atoms with Crippen LogP contribution in [0, 0.1) is 23.8 Å². The van der Waals surface area contributed by atoms with Crippen LogP contribution in [0.3, 0.4) is 0 Å². The smallest absolute Gasteiger partial charge is 0.341 e. The lowest BCUT2D eigenvalue weighted by molar-refractivity contribution is -0.149. The summed E-state index contributed by atoms with van der Waals surface area (Å²) in [5, 5.41) is 5.19. The third-order valence-corrected chi connectivity index (χ3v) is 8.93. The molecule has 232 valence electrons. The van der Waals surface area contributed by atoms with Crippen LogP contribution < -0.4 is 10.6 Å². The Hall–Kier alpha value is -4.13. The van der Waals surface area contributed by atoms with Crippen LogP contribution in [0.15, 0.2) is 54.6 Å². The van der Waals surface area contributed by atoms with Gasteiger partial charge in [-0.2, -0.15) is 8.78 Å². The average Bonchev–Trinajstić information content (AvgIpc) is 3.65. The second kappa shape index (κ2) is 11.8. The Labute approximate surface area is 256 Å². The van der Waals surface area contributed by atoms with E-state index in [1.54, 1.807) is 18.2 Å². The topological polar surface area (TPSA) is 99.9 Å². The number of carbonyl (C=O) groups is 4. The molecule has 1 spiro atoms. The Balaban J connectivity index is 1.38. The maximum atomic E-state index is 15.1. The Morgan fingerprint density at radius 2 is 1.75 bits per heavy atom. The highest BCUT2D eigenvalue weighted by Gasteiger charge is 2.59. The van der Waals surface area contributed by atoms with Gasteiger partial charge in [-0.3, -0.25) is 28.9 Å². The molecular weight excluding hydrogens is 566 g/mol. The van der Waals surface area contributed by atoms with E-state index in [1.807, 2.05) is 32.9 Å². The molecule has 0 aromatic heterocycles. The van der Waals surface area contributed by atoms with Crippen LogP contribution in [-0.4, -0.2) is 47.2 Å². The maximum Gasteiger partial charge on any atom is 0.349 e. The van der Waals surface area contributed by atoms with Gasteiger partial charge in [0, 0.05) is 30.1 Å². The molecule has 2 aromatic rings. The summed E-state index contributed by atoms with van der Waals surface area (Å²) in [6.07, 6.45) is 1.15. The second-order valence-corrected chi connectivity index (χ2v) is 13.6. The van der Waals surface area contributed by atoms with Gasteiger partial charge >= 0.3 is 12.1 Å². The zero-order chi connectivity index (χ0) is 31.9. The molecule has 2 heterocycles. The van der Waals surface area contributed by atoms with Crippen LogP contribution in [0.25, 0.3) is 4.85 Å². The molecule has 1 saturated carbocycles. The SMILES string of the molecule is [C-]#[N+][C@@H]1C[C@@]2(CN1C(=O)[C@@H](CC(=O)[C@H](CC1CC1)NC(=O)C(F)(F)c1ccccc1)CC(C)(C)C)C(=O)Nc1ccccc12. The summed E-state index contributed by atoms with van der Waals surface area (Å²) in [4.78, 5) is 59.2. The van der Waals surface area contributed by atoms with E-state index in [0.29, 0.717) is 12.1 Å². The van der Waals surface area contributed by atoms with Gasteiger partial charge in [-0.15, -0.1) is 0 Å². The number of Topliss-reactive ketones (excluding diaryl/α,β-unsaturated/α-hetero) is 1. The summed E-state index contributed by atoms with van der Waals surface area (Å²) in [6.45, 7) is 13.6. The highest BCUT2D eigenvalue weighted by atomic mass is 19.3. The van der Waals surface area contributed by atoms with E-state index in [4.69, 9.17) is 6.57 Å². The van der Waals surface area contributed by atoms with E-state index in [-0.39, 0.29) is 37.6 Å². The van der Waals surface area contributed by atoms with E-state index in [1.165, 1.54) is 17.0 Å². The summed E-state index contributed by atoms with van der Waals surface area (Å²) >= 11 is 0. The lowest BCUT2D eigenvalue weighted by atomic mass is 9.80. The Morgan fingerprint density at radius 3 is 2.39 bits per heavy atom. The number of para-hydroxylation sites is 1. The number of ketones is 1. The molecule has 1 saturated heterocycles. The van der Waals surface area contributed by atoms with Gasteiger partial charge in [-0.25, -0.2) is 6.57 Å². The fourth-order valence-corrected chi connectivity index (χ4v) is 6.55. The molecule has 2 fully saturated rings. The molecule has 44 heavy (non-hydrogen) atoms. The molecule has 10 heteroatoms. The predicted octanol–water partition coefficient (Wildman–Crippen LogP) is 5.44. The lowest BCUT2D eigenvalue weighted by Gasteiger charge is -2.30. The Bertz CT molecular complexity index is 1490. The lowest BCUT2D eigenvalue weighted by Crippen LogP contribution is -2.49. The summed E-state index contributed by atoms with van der Waals surface area (Å²) < 4.78 is 30.1. The van der Waals surface area contributed by atoms with E-state index < -0.39 is 58.0 Å². The van der Waals surface area contributed by atoms with E-state index >= 15 is 8.78 Å². The zero-order valence-electron chi connectivity index (χ0n) is 25.2. The Kier molecular flexibility index (Phi) is 8.36. The van der Waals surface area contributed by atoms with Crippen molar-refractivity contribution in [2.75, 3.05) is 11.9 Å². The van der Waals surface area contributed by atoms with Crippen LogP contribution in [-0.2, 0) is 30.5 Å². The van der Waals surface area contributed by atoms with Crippen molar-refractivity contribution >= 4 is 29.2 Å². The van der Waals surface area contributed by atoms with Crippen molar-refractivity contribution in [1.29, 1.82) is 0 Å². The molecule has 8 nitrogen and oxygen atoms in total. The third kappa shape index (κ3) is 6.23. The summed E-state index contributed by atoms with van der Waals surface area (Å²) in [7, 11) is 0. The average molecular weight is 605 g/mol. The molecule has 3 amide bonds. The summed E-state index contributed by atoms with van der Waals surface area (Å²) in [5.74, 6) is -7.30. The second-order valence-electron chi connectivity index (χ2n) is 13.6. The number of alkyl halides is 2. The summed E-state index contributed by atoms with van der Waals surface area (Å²) in [6, 6.07) is 12.8. The van der Waals surface area contributed by atoms with Crippen molar-refractivity contribution in [3.63, 3.8) is 0 Å². The zero-order valence-corrected chi connectivity index (χ0v) is 25.2. The van der Waals surface area contributed by atoms with Crippen molar-refractivity contribution in [1.82, 2.24) is 10.2 Å². The first kappa shape index (κ1) is 31.3. The minimum absolute atomic E-state index is 0.00208. The fraction of sp³-hybridized carbons (Fsp3) is 0.500. The number of benzene rings is 2. The Morgan fingerprint density at radius 1 is 1.09 bits per heavy atom. The number of fused-ring (bicyclic) bond motifs is 2. The fourth-order valence-electron chi connectivity index (χ4n) is 6.55. The van der Waals surface area contributed by atoms with Crippen LogP contribution in [0.1, 0.15) is 70.4 Å². The number of carbonyl (C=O) groups excluding carboxylic acids is 4. The first-order chi connectivity index (χ1) is 20.7. The van der Waals surface area contributed by atoms with Gasteiger partial charge in [0.05, 0.1) is 12.5 Å². The van der Waals surface area contributed by atoms with E-state index in [0.717, 1.165) is 30.5 Å². The van der Waals surface area contributed by atoms with Crippen molar-refractivity contribution < 1.29 is 28.0 Å². The largest absolute Gasteiger partial charge is 0.349 e. The van der Waals surface area contributed by atoms with Gasteiger partial charge in [-0.05, 0) is 35.8 Å². The van der Waals surface area contributed by atoms with Crippen molar-refractivity contribution in [2.45, 2.75) is 82.8 Å². The van der Waals surface area contributed by atoms with Crippen LogP contribution >= 0.6 is 0 Å². The number of rotatable bonds is 10. The van der Waals surface area contributed by atoms with E-state index in [2.05, 4.69) is 15.5 Å². The number of halogens is 2. The van der Waals surface area contributed by atoms with Gasteiger partial charge < -0.3 is 10.6 Å². The highest BCUT2D eigenvalue weighted by Crippen LogP contribution is 2.47. The number of nitrogens with one attached hydrogen (secondary N) is 2. The van der Waals surface area contributed by atoms with Crippen molar-refractivity contribution in [2.24, 2.45) is 17.3 Å². The van der Waals surface area contributed by atoms with Crippen molar-refractivity contribution in [3.05, 3.63) is 77.1 Å². The molecule has 2 N–H and O–H groups in total. The number of nitrogens with zero attached hydrogens (tertiary/aromatic N) is 2. The maximum absolute atomic E-state index is 15.1. The highest BCUT2D eigenvalue weighted by molar-refractivity contribution is 6.07. The van der Waals surface area contributed by atoms with Crippen molar-refractivity contribution in [3.8, 4) is 0 Å². The van der Waals surface area contributed by atoms with Gasteiger partial charge in [0.15, 0.2) is 5.78 Å². The molecule has 4 atom stereocenters. The quantitative estimate of drug-likeness (QED) is 0.353. The molecule has 0 bridgehead atoms. The van der Waals surface area contributed by atoms with Crippen LogP contribution in [0.2, 0.25) is 0 Å². The van der Waals surface area contributed by atoms with Gasteiger partial charge in [0.2, 0.25) is 11.8 Å². The first-order valence-electron chi connectivity index (χ1n) is 15.1. The minimum Gasteiger partial charge on any atom is -0.341 e. The number of anilines is 1. The molecule has 0 radical (unpaired) electrons. The summed E-state index contributed by atoms with van der Waals surface area (Å²) in [5.41, 5.74) is -0.532. The first-order valence-corrected chi connectivity index (χ1v) is 15.1. The van der Waals surface area contributed by atoms with Crippen LogP contribution in [0.5, 0.6) is 0 Å². The molecular formula is C34H38F2N4O4. The molecule has 5 rings (SSSR count). The number of amides is 3. The standard InChI is InChI=1S/C34H38F2N4O4/c1-32(2,3)18-22(29(42)40-20-33(19-28(40)37-4)24-12-8-9-13-25(24)38-30(33)43)17-27(41)26(16-21-14-15-21)39-31(44)34(35,36)23-10-6-5-7-11-23/h5-13,21-22,26,28H,14-20H2,1-3H3,(H,38,43)(H,39,44)/t22-,26-,28-,33-/m0/s1. The predicted molar refractivity (Wildman–Crippen MR) is 160 cm³/mol. The molecule has 0 unspecified atom stereocenters. The molecule has 3 aliphatic rings. The number of likely N-dealkylation sites (tertiary alicyclic amines) is 1. The van der Waals surface area contributed by atoms with Gasteiger partial charge in [-0.1, -0.05) is 82.1 Å². The van der Waals surface area contributed by atoms with E-state index in [9.17, 15) is 19.2 Å². The minimum atomic E-state index is -3.84. The number of hydrogen-bond acceptors (Lipinski definition) is 4. The van der Waals surface area contributed by atoms with Gasteiger partial charge in [0.25, 0.3) is 5.91 Å². The number of hydrogen-bond donors (Lipinski definition) is 2. The van der Waals surface area contributed by atoms with Crippen LogP contribution in [0.4, 0.5) is 14.5 Å². The molecule has 1 aliphatic carbocycles.